The zero-order chi connectivity index (χ0) is 14.5. The van der Waals surface area contributed by atoms with E-state index in [1.807, 2.05) is 4.90 Å². The number of aryl methyl sites for hydroxylation is 1. The summed E-state index contributed by atoms with van der Waals surface area (Å²) in [6, 6.07) is 3.31. The molecule has 0 aliphatic heterocycles. The quantitative estimate of drug-likeness (QED) is 0.779. The highest BCUT2D eigenvalue weighted by atomic mass is 16.2. The maximum atomic E-state index is 12.6. The number of unbranched alkanes of at least 4 members (excludes halogenated alkanes) is 3. The van der Waals surface area contributed by atoms with Crippen molar-refractivity contribution in [3.63, 3.8) is 0 Å². The van der Waals surface area contributed by atoms with Crippen LogP contribution < -0.4 is 5.43 Å². The molecule has 1 N–H and O–H groups in total. The molecule has 0 spiro atoms. The number of carbonyl (C=O) groups excluding carboxylic acids is 1. The first-order chi connectivity index (χ1) is 9.61. The van der Waals surface area contributed by atoms with Gasteiger partial charge in [-0.3, -0.25) is 9.59 Å². The number of rotatable bonds is 7. The molecule has 4 heteroatoms. The van der Waals surface area contributed by atoms with Crippen molar-refractivity contribution in [2.75, 3.05) is 6.54 Å². The SMILES string of the molecule is CCCCCCN(C(=O)c1cc(=O)cc(C)[nH]1)C1CC1. The van der Waals surface area contributed by atoms with Crippen LogP contribution in [0.15, 0.2) is 16.9 Å². The number of hydrogen-bond acceptors (Lipinski definition) is 2. The summed E-state index contributed by atoms with van der Waals surface area (Å²) < 4.78 is 0. The van der Waals surface area contributed by atoms with Gasteiger partial charge in [-0.15, -0.1) is 0 Å². The summed E-state index contributed by atoms with van der Waals surface area (Å²) in [5.41, 5.74) is 1.06. The molecule has 0 aromatic carbocycles. The molecule has 1 heterocycles. The molecule has 0 radical (unpaired) electrons. The summed E-state index contributed by atoms with van der Waals surface area (Å²) in [6.07, 6.45) is 6.81. The maximum Gasteiger partial charge on any atom is 0.270 e. The molecule has 2 rings (SSSR count). The van der Waals surface area contributed by atoms with E-state index in [4.69, 9.17) is 0 Å². The number of aromatic amines is 1. The van der Waals surface area contributed by atoms with Crippen molar-refractivity contribution in [2.45, 2.75) is 58.4 Å². The molecule has 1 saturated carbocycles. The Hall–Kier alpha value is -1.58. The van der Waals surface area contributed by atoms with Gasteiger partial charge in [-0.1, -0.05) is 26.2 Å². The average molecular weight is 276 g/mol. The van der Waals surface area contributed by atoms with Crippen LogP contribution in [-0.4, -0.2) is 28.4 Å². The van der Waals surface area contributed by atoms with Gasteiger partial charge < -0.3 is 9.88 Å². The van der Waals surface area contributed by atoms with Crippen LogP contribution in [0.4, 0.5) is 0 Å². The summed E-state index contributed by atoms with van der Waals surface area (Å²) in [4.78, 5) is 29.0. The van der Waals surface area contributed by atoms with Crippen LogP contribution in [-0.2, 0) is 0 Å². The predicted molar refractivity (Wildman–Crippen MR) is 80.0 cm³/mol. The van der Waals surface area contributed by atoms with Crippen LogP contribution in [0.3, 0.4) is 0 Å². The van der Waals surface area contributed by atoms with Gasteiger partial charge in [0.1, 0.15) is 5.69 Å². The number of nitrogens with one attached hydrogen (secondary N) is 1. The Bertz CT molecular complexity index is 517. The van der Waals surface area contributed by atoms with Gasteiger partial charge in [-0.2, -0.15) is 0 Å². The molecule has 1 fully saturated rings. The number of nitrogens with zero attached hydrogens (tertiary/aromatic N) is 1. The van der Waals surface area contributed by atoms with Crippen molar-refractivity contribution in [1.82, 2.24) is 9.88 Å². The van der Waals surface area contributed by atoms with Gasteiger partial charge in [0.05, 0.1) is 0 Å². The third kappa shape index (κ3) is 3.95. The van der Waals surface area contributed by atoms with Crippen LogP contribution in [0.1, 0.15) is 61.6 Å². The average Bonchev–Trinajstić information content (AvgIpc) is 3.21. The number of aromatic nitrogens is 1. The smallest absolute Gasteiger partial charge is 0.270 e. The van der Waals surface area contributed by atoms with Gasteiger partial charge in [0.2, 0.25) is 0 Å². The molecule has 110 valence electrons. The Morgan fingerprint density at radius 3 is 2.65 bits per heavy atom. The molecule has 1 amide bonds. The summed E-state index contributed by atoms with van der Waals surface area (Å²) in [6.45, 7) is 4.79. The van der Waals surface area contributed by atoms with Crippen molar-refractivity contribution in [2.24, 2.45) is 0 Å². The molecule has 4 nitrogen and oxygen atoms in total. The zero-order valence-corrected chi connectivity index (χ0v) is 12.4. The highest BCUT2D eigenvalue weighted by Crippen LogP contribution is 2.28. The number of hydrogen-bond donors (Lipinski definition) is 1. The lowest BCUT2D eigenvalue weighted by molar-refractivity contribution is 0.0733. The standard InChI is InChI=1S/C16H24N2O2/c1-3-4-5-6-9-18(13-7-8-13)16(20)15-11-14(19)10-12(2)17-15/h10-11,13H,3-9H2,1-2H3,(H,17,19). The lowest BCUT2D eigenvalue weighted by Gasteiger charge is -2.22. The number of H-pyrrole nitrogens is 1. The number of carbonyl (C=O) groups is 1. The molecule has 1 aromatic rings. The Morgan fingerprint density at radius 2 is 2.05 bits per heavy atom. The number of amides is 1. The van der Waals surface area contributed by atoms with E-state index in [0.29, 0.717) is 11.7 Å². The van der Waals surface area contributed by atoms with E-state index >= 15 is 0 Å². The molecule has 1 aromatic heterocycles. The first kappa shape index (κ1) is 14.8. The topological polar surface area (TPSA) is 53.2 Å². The third-order valence-corrected chi connectivity index (χ3v) is 3.71. The van der Waals surface area contributed by atoms with Gasteiger partial charge in [-0.25, -0.2) is 0 Å². The Kier molecular flexibility index (Phi) is 4.99. The maximum absolute atomic E-state index is 12.6. The molecular weight excluding hydrogens is 252 g/mol. The van der Waals surface area contributed by atoms with E-state index in [9.17, 15) is 9.59 Å². The molecule has 0 unspecified atom stereocenters. The zero-order valence-electron chi connectivity index (χ0n) is 12.4. The minimum atomic E-state index is -0.105. The third-order valence-electron chi connectivity index (χ3n) is 3.71. The number of pyridine rings is 1. The van der Waals surface area contributed by atoms with E-state index in [1.165, 1.54) is 25.0 Å². The van der Waals surface area contributed by atoms with Crippen LogP contribution in [0.25, 0.3) is 0 Å². The Labute approximate surface area is 120 Å². The summed E-state index contributed by atoms with van der Waals surface area (Å²) in [7, 11) is 0. The van der Waals surface area contributed by atoms with Gasteiger partial charge in [0.25, 0.3) is 5.91 Å². The fourth-order valence-corrected chi connectivity index (χ4v) is 2.50. The van der Waals surface area contributed by atoms with Gasteiger partial charge in [0.15, 0.2) is 5.43 Å². The fraction of sp³-hybridized carbons (Fsp3) is 0.625. The minimum absolute atomic E-state index is 0.0233. The first-order valence-electron chi connectivity index (χ1n) is 7.63. The summed E-state index contributed by atoms with van der Waals surface area (Å²) >= 11 is 0. The highest BCUT2D eigenvalue weighted by molar-refractivity contribution is 5.92. The van der Waals surface area contributed by atoms with Crippen molar-refractivity contribution >= 4 is 5.91 Å². The van der Waals surface area contributed by atoms with Crippen LogP contribution >= 0.6 is 0 Å². The Balaban J connectivity index is 2.04. The Morgan fingerprint density at radius 1 is 1.30 bits per heavy atom. The molecule has 0 atom stereocenters. The second kappa shape index (κ2) is 6.73. The largest absolute Gasteiger partial charge is 0.354 e. The second-order valence-electron chi connectivity index (χ2n) is 5.70. The van der Waals surface area contributed by atoms with Crippen LogP contribution in [0, 0.1) is 6.92 Å². The molecular formula is C16H24N2O2. The second-order valence-corrected chi connectivity index (χ2v) is 5.70. The molecule has 1 aliphatic carbocycles. The molecule has 20 heavy (non-hydrogen) atoms. The fourth-order valence-electron chi connectivity index (χ4n) is 2.50. The van der Waals surface area contributed by atoms with Crippen LogP contribution in [0.5, 0.6) is 0 Å². The van der Waals surface area contributed by atoms with E-state index in [-0.39, 0.29) is 11.3 Å². The van der Waals surface area contributed by atoms with Crippen LogP contribution in [0.2, 0.25) is 0 Å². The molecule has 1 aliphatic rings. The molecule has 0 saturated heterocycles. The lowest BCUT2D eigenvalue weighted by atomic mass is 10.2. The normalized spacial score (nSPS) is 14.3. The van der Waals surface area contributed by atoms with E-state index < -0.39 is 0 Å². The van der Waals surface area contributed by atoms with Gasteiger partial charge in [-0.05, 0) is 26.2 Å². The predicted octanol–water partition coefficient (Wildman–Crippen LogP) is 2.87. The van der Waals surface area contributed by atoms with Crippen molar-refractivity contribution in [3.05, 3.63) is 33.7 Å². The summed E-state index contributed by atoms with van der Waals surface area (Å²) in [5, 5.41) is 0. The molecule has 0 bridgehead atoms. The van der Waals surface area contributed by atoms with E-state index in [0.717, 1.165) is 37.9 Å². The van der Waals surface area contributed by atoms with Crippen molar-refractivity contribution in [3.8, 4) is 0 Å². The summed E-state index contributed by atoms with van der Waals surface area (Å²) in [5.74, 6) is -0.0233. The van der Waals surface area contributed by atoms with Crippen molar-refractivity contribution < 1.29 is 4.79 Å². The lowest BCUT2D eigenvalue weighted by Crippen LogP contribution is -2.35. The van der Waals surface area contributed by atoms with E-state index in [2.05, 4.69) is 11.9 Å². The highest BCUT2D eigenvalue weighted by Gasteiger charge is 2.32. The van der Waals surface area contributed by atoms with Gasteiger partial charge in [0, 0.05) is 30.4 Å². The van der Waals surface area contributed by atoms with Crippen molar-refractivity contribution in [1.29, 1.82) is 0 Å². The minimum Gasteiger partial charge on any atom is -0.354 e. The first-order valence-corrected chi connectivity index (χ1v) is 7.63. The van der Waals surface area contributed by atoms with E-state index in [1.54, 1.807) is 6.92 Å². The van der Waals surface area contributed by atoms with Gasteiger partial charge >= 0.3 is 0 Å². The monoisotopic (exact) mass is 276 g/mol.